The normalized spacial score (nSPS) is 18.5. The molecule has 1 atom stereocenters. The molecule has 7 heteroatoms. The van der Waals surface area contributed by atoms with Gasteiger partial charge in [0.05, 0.1) is 13.7 Å². The van der Waals surface area contributed by atoms with Crippen LogP contribution < -0.4 is 14.8 Å². The van der Waals surface area contributed by atoms with Crippen LogP contribution in [0.4, 0.5) is 4.79 Å². The van der Waals surface area contributed by atoms with Crippen molar-refractivity contribution in [1.29, 1.82) is 0 Å². The first-order valence-electron chi connectivity index (χ1n) is 6.79. The zero-order valence-corrected chi connectivity index (χ0v) is 11.8. The first-order chi connectivity index (χ1) is 9.74. The van der Waals surface area contributed by atoms with Gasteiger partial charge in [0.1, 0.15) is 6.10 Å². The molecular weight excluding hydrogens is 260 g/mol. The second kappa shape index (κ2) is 6.93. The fourth-order valence-electron chi connectivity index (χ4n) is 2.17. The minimum atomic E-state index is -0.0862. The van der Waals surface area contributed by atoms with Crippen molar-refractivity contribution < 1.29 is 14.3 Å². The summed E-state index contributed by atoms with van der Waals surface area (Å²) in [4.78, 5) is 21.8. The highest BCUT2D eigenvalue weighted by atomic mass is 16.5. The van der Waals surface area contributed by atoms with E-state index in [0.717, 1.165) is 19.4 Å². The molecule has 20 heavy (non-hydrogen) atoms. The van der Waals surface area contributed by atoms with Crippen molar-refractivity contribution >= 4 is 6.03 Å². The SMILES string of the molecule is CCNC(=O)N1CCCC(Oc2nccnc2OC)C1. The van der Waals surface area contributed by atoms with E-state index < -0.39 is 0 Å². The average Bonchev–Trinajstić information content (AvgIpc) is 2.48. The van der Waals surface area contributed by atoms with Crippen molar-refractivity contribution in [3.63, 3.8) is 0 Å². The molecule has 2 rings (SSSR count). The predicted octanol–water partition coefficient (Wildman–Crippen LogP) is 1.06. The molecule has 0 bridgehead atoms. The summed E-state index contributed by atoms with van der Waals surface area (Å²) in [6, 6.07) is -0.0492. The second-order valence-corrected chi connectivity index (χ2v) is 4.53. The lowest BCUT2D eigenvalue weighted by atomic mass is 10.1. The van der Waals surface area contributed by atoms with Crippen molar-refractivity contribution in [3.8, 4) is 11.8 Å². The third kappa shape index (κ3) is 3.49. The molecule has 2 heterocycles. The lowest BCUT2D eigenvalue weighted by Gasteiger charge is -2.32. The quantitative estimate of drug-likeness (QED) is 0.892. The smallest absolute Gasteiger partial charge is 0.317 e. The van der Waals surface area contributed by atoms with E-state index in [4.69, 9.17) is 9.47 Å². The molecule has 0 saturated carbocycles. The molecule has 1 unspecified atom stereocenters. The molecule has 7 nitrogen and oxygen atoms in total. The number of hydrogen-bond donors (Lipinski definition) is 1. The fraction of sp³-hybridized carbons (Fsp3) is 0.615. The molecule has 1 aromatic heterocycles. The molecule has 1 N–H and O–H groups in total. The third-order valence-electron chi connectivity index (χ3n) is 3.10. The van der Waals surface area contributed by atoms with Crippen molar-refractivity contribution in [1.82, 2.24) is 20.2 Å². The average molecular weight is 280 g/mol. The molecule has 1 aliphatic heterocycles. The summed E-state index contributed by atoms with van der Waals surface area (Å²) in [5, 5.41) is 2.80. The van der Waals surface area contributed by atoms with Crippen LogP contribution in [0.2, 0.25) is 0 Å². The number of rotatable bonds is 4. The van der Waals surface area contributed by atoms with Gasteiger partial charge in [0, 0.05) is 25.5 Å². The summed E-state index contributed by atoms with van der Waals surface area (Å²) in [7, 11) is 1.53. The zero-order chi connectivity index (χ0) is 14.4. The number of amides is 2. The number of ether oxygens (including phenoxy) is 2. The summed E-state index contributed by atoms with van der Waals surface area (Å²) in [6.45, 7) is 3.83. The minimum Gasteiger partial charge on any atom is -0.477 e. The monoisotopic (exact) mass is 280 g/mol. The van der Waals surface area contributed by atoms with E-state index in [2.05, 4.69) is 15.3 Å². The van der Waals surface area contributed by atoms with Gasteiger partial charge in [-0.15, -0.1) is 0 Å². The number of carbonyl (C=O) groups is 1. The number of aromatic nitrogens is 2. The van der Waals surface area contributed by atoms with Crippen LogP contribution in [0.25, 0.3) is 0 Å². The fourth-order valence-corrected chi connectivity index (χ4v) is 2.17. The first kappa shape index (κ1) is 14.4. The van der Waals surface area contributed by atoms with Crippen molar-refractivity contribution in [2.45, 2.75) is 25.9 Å². The number of hydrogen-bond acceptors (Lipinski definition) is 5. The Bertz CT molecular complexity index is 455. The van der Waals surface area contributed by atoms with Crippen LogP contribution >= 0.6 is 0 Å². The van der Waals surface area contributed by atoms with Crippen LogP contribution in [0, 0.1) is 0 Å². The van der Waals surface area contributed by atoms with Crippen LogP contribution in [0.5, 0.6) is 11.8 Å². The highest BCUT2D eigenvalue weighted by Gasteiger charge is 2.25. The topological polar surface area (TPSA) is 76.6 Å². The Balaban J connectivity index is 1.97. The second-order valence-electron chi connectivity index (χ2n) is 4.53. The largest absolute Gasteiger partial charge is 0.477 e. The molecule has 0 radical (unpaired) electrons. The van der Waals surface area contributed by atoms with Gasteiger partial charge in [-0.3, -0.25) is 0 Å². The van der Waals surface area contributed by atoms with Crippen LogP contribution in [0.1, 0.15) is 19.8 Å². The maximum atomic E-state index is 11.8. The van der Waals surface area contributed by atoms with Crippen LogP contribution in [-0.2, 0) is 0 Å². The Morgan fingerprint density at radius 1 is 1.45 bits per heavy atom. The van der Waals surface area contributed by atoms with Crippen molar-refractivity contribution in [3.05, 3.63) is 12.4 Å². The third-order valence-corrected chi connectivity index (χ3v) is 3.10. The van der Waals surface area contributed by atoms with E-state index in [1.807, 2.05) is 6.92 Å². The van der Waals surface area contributed by atoms with Gasteiger partial charge in [-0.05, 0) is 19.8 Å². The Kier molecular flexibility index (Phi) is 4.97. The van der Waals surface area contributed by atoms with Gasteiger partial charge in [-0.2, -0.15) is 0 Å². The van der Waals surface area contributed by atoms with Gasteiger partial charge in [0.2, 0.25) is 0 Å². The molecule has 1 saturated heterocycles. The highest BCUT2D eigenvalue weighted by Crippen LogP contribution is 2.23. The molecule has 2 amide bonds. The molecule has 1 aromatic rings. The number of nitrogens with zero attached hydrogens (tertiary/aromatic N) is 3. The molecule has 1 aliphatic rings. The van der Waals surface area contributed by atoms with Gasteiger partial charge < -0.3 is 19.7 Å². The standard InChI is InChI=1S/C13H20N4O3/c1-3-14-13(18)17-8-4-5-10(9-17)20-12-11(19-2)15-6-7-16-12/h6-7,10H,3-5,8-9H2,1-2H3,(H,14,18). The number of nitrogens with one attached hydrogen (secondary N) is 1. The van der Waals surface area contributed by atoms with E-state index in [9.17, 15) is 4.79 Å². The summed E-state index contributed by atoms with van der Waals surface area (Å²) in [5.74, 6) is 0.736. The van der Waals surface area contributed by atoms with Gasteiger partial charge in [0.25, 0.3) is 11.8 Å². The molecule has 1 fully saturated rings. The number of methoxy groups -OCH3 is 1. The number of urea groups is 1. The molecule has 0 aromatic carbocycles. The van der Waals surface area contributed by atoms with Crippen molar-refractivity contribution in [2.75, 3.05) is 26.7 Å². The van der Waals surface area contributed by atoms with Crippen LogP contribution in [0.3, 0.4) is 0 Å². The van der Waals surface area contributed by atoms with E-state index in [-0.39, 0.29) is 12.1 Å². The molecule has 110 valence electrons. The summed E-state index contributed by atoms with van der Waals surface area (Å²) < 4.78 is 10.9. The van der Waals surface area contributed by atoms with Gasteiger partial charge in [-0.25, -0.2) is 14.8 Å². The number of likely N-dealkylation sites (tertiary alicyclic amines) is 1. The minimum absolute atomic E-state index is 0.0492. The van der Waals surface area contributed by atoms with Crippen molar-refractivity contribution in [2.24, 2.45) is 0 Å². The Labute approximate surface area is 118 Å². The summed E-state index contributed by atoms with van der Waals surface area (Å²) in [5.41, 5.74) is 0. The lowest BCUT2D eigenvalue weighted by Crippen LogP contribution is -2.48. The van der Waals surface area contributed by atoms with Crippen LogP contribution in [0.15, 0.2) is 12.4 Å². The van der Waals surface area contributed by atoms with E-state index >= 15 is 0 Å². The Morgan fingerprint density at radius 3 is 2.90 bits per heavy atom. The summed E-state index contributed by atoms with van der Waals surface area (Å²) in [6.07, 6.45) is 4.81. The first-order valence-corrected chi connectivity index (χ1v) is 6.79. The lowest BCUT2D eigenvalue weighted by molar-refractivity contribution is 0.0946. The number of piperidine rings is 1. The van der Waals surface area contributed by atoms with Gasteiger partial charge >= 0.3 is 6.03 Å². The predicted molar refractivity (Wildman–Crippen MR) is 72.9 cm³/mol. The molecular formula is C13H20N4O3. The van der Waals surface area contributed by atoms with Crippen LogP contribution in [-0.4, -0.2) is 53.7 Å². The van der Waals surface area contributed by atoms with E-state index in [1.165, 1.54) is 7.11 Å². The Morgan fingerprint density at radius 2 is 2.20 bits per heavy atom. The summed E-state index contributed by atoms with van der Waals surface area (Å²) >= 11 is 0. The highest BCUT2D eigenvalue weighted by molar-refractivity contribution is 5.74. The maximum absolute atomic E-state index is 11.8. The van der Waals surface area contributed by atoms with Gasteiger partial charge in [0.15, 0.2) is 0 Å². The van der Waals surface area contributed by atoms with Gasteiger partial charge in [-0.1, -0.05) is 0 Å². The van der Waals surface area contributed by atoms with E-state index in [1.54, 1.807) is 17.3 Å². The van der Waals surface area contributed by atoms with E-state index in [0.29, 0.717) is 24.8 Å². The molecule has 0 aliphatic carbocycles. The Hall–Kier alpha value is -2.05. The maximum Gasteiger partial charge on any atom is 0.317 e. The number of carbonyl (C=O) groups excluding carboxylic acids is 1. The molecule has 0 spiro atoms. The zero-order valence-electron chi connectivity index (χ0n) is 11.8.